The van der Waals surface area contributed by atoms with Gasteiger partial charge in [-0.2, -0.15) is 0 Å². The molecule has 4 heteroatoms. The molecule has 3 saturated carbocycles. The highest BCUT2D eigenvalue weighted by Crippen LogP contribution is 2.70. The lowest BCUT2D eigenvalue weighted by atomic mass is 9.42. The first-order valence-corrected chi connectivity index (χ1v) is 10.9. The van der Waals surface area contributed by atoms with E-state index in [1.807, 2.05) is 0 Å². The highest BCUT2D eigenvalue weighted by atomic mass is 16.7. The Hall–Kier alpha value is -0.710. The molecule has 1 heterocycles. The molecule has 5 atom stereocenters. The number of rotatable bonds is 1. The topological polar surface area (TPSA) is 67.0 Å². The normalized spacial score (nSPS) is 47.7. The van der Waals surface area contributed by atoms with Gasteiger partial charge in [0.15, 0.2) is 5.79 Å². The van der Waals surface area contributed by atoms with E-state index >= 15 is 0 Å². The van der Waals surface area contributed by atoms with Crippen molar-refractivity contribution >= 4 is 5.78 Å². The van der Waals surface area contributed by atoms with Crippen LogP contribution in [-0.2, 0) is 14.3 Å². The van der Waals surface area contributed by atoms with Crippen LogP contribution in [0.3, 0.4) is 0 Å². The number of hydrogen-bond acceptors (Lipinski definition) is 3. The maximum absolute atomic E-state index is 12.6. The molecule has 4 fully saturated rings. The van der Waals surface area contributed by atoms with Crippen molar-refractivity contribution in [2.24, 2.45) is 28.1 Å². The quantitative estimate of drug-likeness (QED) is 0.644. The van der Waals surface area contributed by atoms with Crippen LogP contribution >= 0.6 is 0 Å². The number of hydrogen-bond donors (Lipinski definition) is 0. The lowest BCUT2D eigenvalue weighted by Crippen LogP contribution is -2.57. The Morgan fingerprint density at radius 2 is 1.85 bits per heavy atom. The second-order valence-corrected chi connectivity index (χ2v) is 10.2. The number of carbonyl (C=O) groups excluding carboxylic acids is 1. The van der Waals surface area contributed by atoms with Crippen molar-refractivity contribution in [2.45, 2.75) is 84.3 Å². The Kier molecular flexibility index (Phi) is 4.46. The minimum Gasteiger partial charge on any atom is -0.412 e. The molecule has 0 bridgehead atoms. The summed E-state index contributed by atoms with van der Waals surface area (Å²) in [4.78, 5) is 12.6. The predicted octanol–water partition coefficient (Wildman–Crippen LogP) is 4.22. The summed E-state index contributed by atoms with van der Waals surface area (Å²) in [5, 5.41) is 0. The second-order valence-electron chi connectivity index (χ2n) is 10.2. The van der Waals surface area contributed by atoms with Crippen LogP contribution in [0.25, 0.3) is 0 Å². The van der Waals surface area contributed by atoms with Gasteiger partial charge in [-0.3, -0.25) is 4.79 Å². The number of carbonyl (C=O) groups is 1. The molecule has 0 aromatic carbocycles. The number of ketones is 1. The summed E-state index contributed by atoms with van der Waals surface area (Å²) in [5.74, 6) is 1.42. The fourth-order valence-corrected chi connectivity index (χ4v) is 7.88. The van der Waals surface area contributed by atoms with E-state index in [1.165, 1.54) is 25.7 Å². The summed E-state index contributed by atoms with van der Waals surface area (Å²) in [6.45, 7) is 8.67. The van der Waals surface area contributed by atoms with Gasteiger partial charge in [-0.15, -0.1) is 0 Å². The maximum Gasteiger partial charge on any atom is 0.169 e. The van der Waals surface area contributed by atoms with Gasteiger partial charge >= 0.3 is 0 Å². The maximum atomic E-state index is 12.6. The van der Waals surface area contributed by atoms with E-state index in [2.05, 4.69) is 26.8 Å². The molecular formula is C23H36O4. The molecule has 0 aromatic heterocycles. The zero-order chi connectivity index (χ0) is 18.2. The minimum atomic E-state index is -0.310. The molecule has 4 nitrogen and oxygen atoms in total. The average Bonchev–Trinajstić information content (AvgIpc) is 3.21. The molecule has 4 aliphatic carbocycles. The van der Waals surface area contributed by atoms with Crippen LogP contribution in [-0.4, -0.2) is 30.3 Å². The lowest BCUT2D eigenvalue weighted by Gasteiger charge is -2.63. The van der Waals surface area contributed by atoms with Crippen molar-refractivity contribution in [2.75, 3.05) is 13.2 Å². The Balaban J connectivity index is 0.00000180. The fourth-order valence-electron chi connectivity index (χ4n) is 7.88. The molecule has 1 saturated heterocycles. The van der Waals surface area contributed by atoms with Crippen LogP contribution in [0.5, 0.6) is 0 Å². The summed E-state index contributed by atoms with van der Waals surface area (Å²) in [6.07, 6.45) is 12.4. The second kappa shape index (κ2) is 6.14. The molecule has 27 heavy (non-hydrogen) atoms. The molecule has 2 N–H and O–H groups in total. The minimum absolute atomic E-state index is 0. The smallest absolute Gasteiger partial charge is 0.169 e. The van der Waals surface area contributed by atoms with Gasteiger partial charge in [-0.1, -0.05) is 32.4 Å². The first kappa shape index (κ1) is 19.6. The van der Waals surface area contributed by atoms with Gasteiger partial charge in [0.25, 0.3) is 0 Å². The molecule has 1 aliphatic heterocycles. The Bertz CT molecular complexity index is 663. The summed E-state index contributed by atoms with van der Waals surface area (Å²) in [7, 11) is 0. The lowest BCUT2D eigenvalue weighted by molar-refractivity contribution is -0.233. The Labute approximate surface area is 163 Å². The largest absolute Gasteiger partial charge is 0.412 e. The van der Waals surface area contributed by atoms with E-state index in [4.69, 9.17) is 9.47 Å². The SMILES string of the molecule is CCC12CCC3C(=CC[C@]4(C)C(=O)CCC34)C1(C)CCC1(C2)OCCO1.O. The van der Waals surface area contributed by atoms with Gasteiger partial charge in [0.05, 0.1) is 13.2 Å². The van der Waals surface area contributed by atoms with Crippen LogP contribution < -0.4 is 0 Å². The van der Waals surface area contributed by atoms with E-state index in [9.17, 15) is 4.79 Å². The molecule has 5 aliphatic rings. The predicted molar refractivity (Wildman–Crippen MR) is 104 cm³/mol. The first-order chi connectivity index (χ1) is 12.4. The van der Waals surface area contributed by atoms with E-state index in [-0.39, 0.29) is 27.5 Å². The van der Waals surface area contributed by atoms with Crippen molar-refractivity contribution in [3.05, 3.63) is 11.6 Å². The zero-order valence-electron chi connectivity index (χ0n) is 17.2. The standard InChI is InChI=1S/C23H34O3.H2O/c1-4-22-10-7-16-17-5-6-19(24)20(17,2)9-8-18(16)21(22,3)11-12-23(15-22)25-13-14-26-23;/h8,16-17H,4-7,9-15H2,1-3H3;1H2/t16?,17?,20-,21?,22?;/m0./s1. The van der Waals surface area contributed by atoms with Crippen molar-refractivity contribution in [1.82, 2.24) is 0 Å². The molecule has 152 valence electrons. The Morgan fingerprint density at radius 1 is 1.11 bits per heavy atom. The van der Waals surface area contributed by atoms with Gasteiger partial charge in [0.1, 0.15) is 5.78 Å². The van der Waals surface area contributed by atoms with Crippen LogP contribution in [0.4, 0.5) is 0 Å². The van der Waals surface area contributed by atoms with Crippen molar-refractivity contribution in [1.29, 1.82) is 0 Å². The van der Waals surface area contributed by atoms with Crippen LogP contribution in [0.15, 0.2) is 11.6 Å². The third-order valence-corrected chi connectivity index (χ3v) is 9.61. The molecule has 5 rings (SSSR count). The molecule has 4 unspecified atom stereocenters. The van der Waals surface area contributed by atoms with E-state index in [0.717, 1.165) is 45.3 Å². The van der Waals surface area contributed by atoms with Crippen molar-refractivity contribution < 1.29 is 19.7 Å². The van der Waals surface area contributed by atoms with Crippen LogP contribution in [0, 0.1) is 28.1 Å². The summed E-state index contributed by atoms with van der Waals surface area (Å²) < 4.78 is 12.3. The van der Waals surface area contributed by atoms with Gasteiger partial charge in [-0.05, 0) is 61.2 Å². The van der Waals surface area contributed by atoms with Gasteiger partial charge in [0.2, 0.25) is 0 Å². The molecule has 0 radical (unpaired) electrons. The molecule has 1 spiro atoms. The van der Waals surface area contributed by atoms with Gasteiger partial charge < -0.3 is 14.9 Å². The number of allylic oxidation sites excluding steroid dienone is 2. The summed E-state index contributed by atoms with van der Waals surface area (Å²) in [6, 6.07) is 0. The molecule has 0 amide bonds. The monoisotopic (exact) mass is 376 g/mol. The fraction of sp³-hybridized carbons (Fsp3) is 0.870. The average molecular weight is 377 g/mol. The first-order valence-electron chi connectivity index (χ1n) is 10.9. The van der Waals surface area contributed by atoms with Crippen molar-refractivity contribution in [3.8, 4) is 0 Å². The Morgan fingerprint density at radius 3 is 2.56 bits per heavy atom. The molecule has 0 aromatic rings. The highest BCUT2D eigenvalue weighted by Gasteiger charge is 2.64. The molecular weight excluding hydrogens is 340 g/mol. The van der Waals surface area contributed by atoms with Crippen LogP contribution in [0.1, 0.15) is 78.6 Å². The summed E-state index contributed by atoms with van der Waals surface area (Å²) in [5.41, 5.74) is 2.16. The van der Waals surface area contributed by atoms with Gasteiger partial charge in [-0.25, -0.2) is 0 Å². The van der Waals surface area contributed by atoms with Gasteiger partial charge in [0, 0.05) is 24.7 Å². The van der Waals surface area contributed by atoms with E-state index in [1.54, 1.807) is 5.57 Å². The van der Waals surface area contributed by atoms with Crippen molar-refractivity contribution in [3.63, 3.8) is 0 Å². The highest BCUT2D eigenvalue weighted by molar-refractivity contribution is 5.87. The third kappa shape index (κ3) is 2.36. The number of Topliss-reactive ketones (excluding diaryl/α,β-unsaturated/α-hetero) is 1. The number of fused-ring (bicyclic) bond motifs is 5. The third-order valence-electron chi connectivity index (χ3n) is 9.61. The van der Waals surface area contributed by atoms with E-state index in [0.29, 0.717) is 17.6 Å². The number of ether oxygens (including phenoxy) is 2. The van der Waals surface area contributed by atoms with E-state index < -0.39 is 0 Å². The zero-order valence-corrected chi connectivity index (χ0v) is 17.2. The summed E-state index contributed by atoms with van der Waals surface area (Å²) >= 11 is 0. The van der Waals surface area contributed by atoms with Crippen LogP contribution in [0.2, 0.25) is 0 Å².